The van der Waals surface area contributed by atoms with Crippen LogP contribution < -0.4 is 5.32 Å². The fraction of sp³-hybridized carbons (Fsp3) is 0.481. The Morgan fingerprint density at radius 3 is 2.35 bits per heavy atom. The summed E-state index contributed by atoms with van der Waals surface area (Å²) in [6.07, 6.45) is 5.95. The van der Waals surface area contributed by atoms with E-state index in [0.29, 0.717) is 13.0 Å². The van der Waals surface area contributed by atoms with Gasteiger partial charge in [-0.15, -0.1) is 0 Å². The van der Waals surface area contributed by atoms with Gasteiger partial charge in [-0.05, 0) is 62.8 Å². The summed E-state index contributed by atoms with van der Waals surface area (Å²) in [5.41, 5.74) is 5.48. The van der Waals surface area contributed by atoms with E-state index in [4.69, 9.17) is 0 Å². The number of rotatable bonds is 7. The molecule has 2 aromatic rings. The van der Waals surface area contributed by atoms with Crippen molar-refractivity contribution in [2.45, 2.75) is 84.8 Å². The van der Waals surface area contributed by atoms with Gasteiger partial charge in [0.05, 0.1) is 6.42 Å². The molecule has 0 spiro atoms. The Morgan fingerprint density at radius 2 is 1.65 bits per heavy atom. The smallest absolute Gasteiger partial charge is 0.242 e. The van der Waals surface area contributed by atoms with E-state index in [2.05, 4.69) is 36.5 Å². The summed E-state index contributed by atoms with van der Waals surface area (Å²) in [6, 6.07) is 14.0. The highest BCUT2D eigenvalue weighted by Crippen LogP contribution is 2.20. The van der Waals surface area contributed by atoms with Crippen molar-refractivity contribution in [3.8, 4) is 0 Å². The summed E-state index contributed by atoms with van der Waals surface area (Å²) in [5.74, 6) is -0.0574. The molecule has 31 heavy (non-hydrogen) atoms. The van der Waals surface area contributed by atoms with Crippen LogP contribution in [0.2, 0.25) is 0 Å². The Bertz CT molecular complexity index is 915. The normalized spacial score (nSPS) is 15.4. The van der Waals surface area contributed by atoms with Gasteiger partial charge in [0.2, 0.25) is 11.8 Å². The van der Waals surface area contributed by atoms with Crippen LogP contribution in [-0.4, -0.2) is 28.8 Å². The first-order valence-electron chi connectivity index (χ1n) is 11.6. The second kappa shape index (κ2) is 10.6. The average molecular weight is 421 g/mol. The molecular weight excluding hydrogens is 384 g/mol. The van der Waals surface area contributed by atoms with Crippen molar-refractivity contribution in [3.63, 3.8) is 0 Å². The molecule has 0 radical (unpaired) electrons. The van der Waals surface area contributed by atoms with E-state index in [1.54, 1.807) is 4.90 Å². The Hall–Kier alpha value is -2.62. The molecule has 3 rings (SSSR count). The van der Waals surface area contributed by atoms with Gasteiger partial charge >= 0.3 is 0 Å². The molecule has 1 aliphatic carbocycles. The SMILES string of the molecule is Cc1ccc(C)c(CC(=O)N(Cc2ccccc2C)[C@H](C)C(=O)NC2CCCCC2)c1. The predicted octanol–water partition coefficient (Wildman–Crippen LogP) is 5.02. The zero-order chi connectivity index (χ0) is 22.4. The lowest BCUT2D eigenvalue weighted by Gasteiger charge is -2.32. The lowest BCUT2D eigenvalue weighted by atomic mass is 9.95. The standard InChI is InChI=1S/C27H36N2O2/c1-19-14-15-21(3)24(16-19)17-26(30)29(18-23-11-9-8-10-20(23)2)22(4)27(31)28-25-12-6-5-7-13-25/h8-11,14-16,22,25H,5-7,12-13,17-18H2,1-4H3,(H,28,31)/t22-/m1/s1. The van der Waals surface area contributed by atoms with E-state index < -0.39 is 6.04 Å². The molecule has 166 valence electrons. The molecule has 1 atom stereocenters. The maximum atomic E-state index is 13.5. The van der Waals surface area contributed by atoms with Crippen molar-refractivity contribution in [2.75, 3.05) is 0 Å². The summed E-state index contributed by atoms with van der Waals surface area (Å²) in [4.78, 5) is 28.3. The largest absolute Gasteiger partial charge is 0.352 e. The molecule has 1 fully saturated rings. The fourth-order valence-electron chi connectivity index (χ4n) is 4.38. The zero-order valence-electron chi connectivity index (χ0n) is 19.4. The molecule has 0 bridgehead atoms. The van der Waals surface area contributed by atoms with Gasteiger partial charge in [0.15, 0.2) is 0 Å². The predicted molar refractivity (Wildman–Crippen MR) is 126 cm³/mol. The number of carbonyl (C=O) groups excluding carboxylic acids is 2. The fourth-order valence-corrected chi connectivity index (χ4v) is 4.38. The molecule has 1 saturated carbocycles. The van der Waals surface area contributed by atoms with Crippen LogP contribution in [0.5, 0.6) is 0 Å². The molecule has 0 unspecified atom stereocenters. The van der Waals surface area contributed by atoms with Crippen LogP contribution in [0.25, 0.3) is 0 Å². The Labute approximate surface area is 187 Å². The highest BCUT2D eigenvalue weighted by atomic mass is 16.2. The lowest BCUT2D eigenvalue weighted by molar-refractivity contribution is -0.140. The molecule has 2 amide bonds. The van der Waals surface area contributed by atoms with Crippen LogP contribution in [0.4, 0.5) is 0 Å². The van der Waals surface area contributed by atoms with Crippen molar-refractivity contribution in [1.29, 1.82) is 0 Å². The number of nitrogens with one attached hydrogen (secondary N) is 1. The minimum Gasteiger partial charge on any atom is -0.352 e. The molecule has 0 aromatic heterocycles. The molecule has 0 heterocycles. The van der Waals surface area contributed by atoms with E-state index in [-0.39, 0.29) is 17.9 Å². The summed E-state index contributed by atoms with van der Waals surface area (Å²) in [7, 11) is 0. The van der Waals surface area contributed by atoms with Crippen LogP contribution in [0.3, 0.4) is 0 Å². The van der Waals surface area contributed by atoms with Gasteiger partial charge in [-0.2, -0.15) is 0 Å². The van der Waals surface area contributed by atoms with Crippen molar-refractivity contribution >= 4 is 11.8 Å². The summed E-state index contributed by atoms with van der Waals surface area (Å²) in [6.45, 7) is 8.42. The first-order chi connectivity index (χ1) is 14.8. The Kier molecular flexibility index (Phi) is 7.89. The minimum absolute atomic E-state index is 0.0109. The quantitative estimate of drug-likeness (QED) is 0.684. The van der Waals surface area contributed by atoms with E-state index in [0.717, 1.165) is 53.5 Å². The van der Waals surface area contributed by atoms with Crippen LogP contribution in [0, 0.1) is 20.8 Å². The zero-order valence-corrected chi connectivity index (χ0v) is 19.4. The second-order valence-electron chi connectivity index (χ2n) is 9.07. The van der Waals surface area contributed by atoms with Gasteiger partial charge in [-0.25, -0.2) is 0 Å². The molecule has 1 N–H and O–H groups in total. The summed E-state index contributed by atoms with van der Waals surface area (Å²) < 4.78 is 0. The van der Waals surface area contributed by atoms with Crippen LogP contribution in [0.15, 0.2) is 42.5 Å². The Morgan fingerprint density at radius 1 is 0.968 bits per heavy atom. The summed E-state index contributed by atoms with van der Waals surface area (Å²) in [5, 5.41) is 3.21. The average Bonchev–Trinajstić information content (AvgIpc) is 2.76. The van der Waals surface area contributed by atoms with Crippen LogP contribution in [0.1, 0.15) is 66.8 Å². The number of carbonyl (C=O) groups is 2. The number of benzene rings is 2. The van der Waals surface area contributed by atoms with E-state index in [1.165, 1.54) is 6.42 Å². The van der Waals surface area contributed by atoms with E-state index in [9.17, 15) is 9.59 Å². The van der Waals surface area contributed by atoms with Crippen LogP contribution >= 0.6 is 0 Å². The molecule has 4 nitrogen and oxygen atoms in total. The van der Waals surface area contributed by atoms with Gasteiger partial charge in [0, 0.05) is 12.6 Å². The Balaban J connectivity index is 1.80. The maximum Gasteiger partial charge on any atom is 0.242 e. The van der Waals surface area contributed by atoms with Crippen molar-refractivity contribution in [1.82, 2.24) is 10.2 Å². The highest BCUT2D eigenvalue weighted by molar-refractivity contribution is 5.88. The number of hydrogen-bond donors (Lipinski definition) is 1. The first-order valence-corrected chi connectivity index (χ1v) is 11.6. The molecule has 1 aliphatic rings. The highest BCUT2D eigenvalue weighted by Gasteiger charge is 2.28. The van der Waals surface area contributed by atoms with Crippen molar-refractivity contribution < 1.29 is 9.59 Å². The lowest BCUT2D eigenvalue weighted by Crippen LogP contribution is -2.50. The third-order valence-corrected chi connectivity index (χ3v) is 6.57. The molecular formula is C27H36N2O2. The monoisotopic (exact) mass is 420 g/mol. The third kappa shape index (κ3) is 6.19. The topological polar surface area (TPSA) is 49.4 Å². The molecule has 4 heteroatoms. The second-order valence-corrected chi connectivity index (χ2v) is 9.07. The van der Waals surface area contributed by atoms with Gasteiger partial charge in [-0.1, -0.05) is 67.3 Å². The third-order valence-electron chi connectivity index (χ3n) is 6.57. The summed E-state index contributed by atoms with van der Waals surface area (Å²) >= 11 is 0. The number of aryl methyl sites for hydroxylation is 3. The van der Waals surface area contributed by atoms with Crippen molar-refractivity contribution in [2.24, 2.45) is 0 Å². The van der Waals surface area contributed by atoms with Gasteiger partial charge < -0.3 is 10.2 Å². The van der Waals surface area contributed by atoms with Gasteiger partial charge in [0.1, 0.15) is 6.04 Å². The van der Waals surface area contributed by atoms with Gasteiger partial charge in [0.25, 0.3) is 0 Å². The molecule has 2 aromatic carbocycles. The number of nitrogens with zero attached hydrogens (tertiary/aromatic N) is 1. The molecule has 0 aliphatic heterocycles. The van der Waals surface area contributed by atoms with Gasteiger partial charge in [-0.3, -0.25) is 9.59 Å². The van der Waals surface area contributed by atoms with E-state index >= 15 is 0 Å². The minimum atomic E-state index is -0.515. The van der Waals surface area contributed by atoms with E-state index in [1.807, 2.05) is 39.0 Å². The van der Waals surface area contributed by atoms with Crippen LogP contribution in [-0.2, 0) is 22.6 Å². The number of hydrogen-bond acceptors (Lipinski definition) is 2. The first kappa shape index (κ1) is 23.1. The molecule has 0 saturated heterocycles. The number of amides is 2. The van der Waals surface area contributed by atoms with Crippen molar-refractivity contribution in [3.05, 3.63) is 70.3 Å². The maximum absolute atomic E-state index is 13.5.